The minimum atomic E-state index is -1.05. The Morgan fingerprint density at radius 2 is 2.28 bits per heavy atom. The fourth-order valence-electron chi connectivity index (χ4n) is 1.51. The molecule has 0 unspecified atom stereocenters. The van der Waals surface area contributed by atoms with Gasteiger partial charge in [0.05, 0.1) is 4.92 Å². The Balaban J connectivity index is 2.93. The third-order valence-corrected chi connectivity index (χ3v) is 2.30. The molecule has 7 heteroatoms. The fraction of sp³-hybridized carbons (Fsp3) is 0.455. The molecule has 7 nitrogen and oxygen atoms in total. The summed E-state index contributed by atoms with van der Waals surface area (Å²) < 4.78 is 0. The summed E-state index contributed by atoms with van der Waals surface area (Å²) >= 11 is 0. The predicted molar refractivity (Wildman–Crippen MR) is 65.4 cm³/mol. The molecule has 1 aromatic rings. The van der Waals surface area contributed by atoms with Gasteiger partial charge in [0, 0.05) is 12.3 Å². The molecule has 0 saturated carbocycles. The number of hydrogen-bond acceptors (Lipinski definition) is 5. The van der Waals surface area contributed by atoms with Gasteiger partial charge in [-0.25, -0.2) is 9.78 Å². The summed E-state index contributed by atoms with van der Waals surface area (Å²) in [4.78, 5) is 25.1. The van der Waals surface area contributed by atoms with Crippen molar-refractivity contribution in [1.82, 2.24) is 4.98 Å². The summed E-state index contributed by atoms with van der Waals surface area (Å²) in [5.41, 5.74) is -0.229. The van der Waals surface area contributed by atoms with Gasteiger partial charge >= 0.3 is 11.7 Å². The minimum absolute atomic E-state index is 0.0180. The summed E-state index contributed by atoms with van der Waals surface area (Å²) in [6, 6.07) is 1.82. The topological polar surface area (TPSA) is 105 Å². The first-order chi connectivity index (χ1) is 8.41. The van der Waals surface area contributed by atoms with Crippen LogP contribution in [-0.2, 0) is 4.79 Å². The fourth-order valence-corrected chi connectivity index (χ4v) is 1.51. The highest BCUT2D eigenvalue weighted by Gasteiger charge is 2.23. The highest BCUT2D eigenvalue weighted by molar-refractivity contribution is 5.78. The van der Waals surface area contributed by atoms with Crippen molar-refractivity contribution in [1.29, 1.82) is 0 Å². The van der Waals surface area contributed by atoms with Gasteiger partial charge < -0.3 is 10.4 Å². The first-order valence-electron chi connectivity index (χ1n) is 5.50. The number of carbonyl (C=O) groups is 1. The third kappa shape index (κ3) is 3.69. The van der Waals surface area contributed by atoms with Crippen LogP contribution in [0.25, 0.3) is 0 Å². The van der Waals surface area contributed by atoms with Gasteiger partial charge in [-0.15, -0.1) is 0 Å². The molecule has 0 aliphatic rings. The number of hydrogen-bond donors (Lipinski definition) is 2. The van der Waals surface area contributed by atoms with E-state index < -0.39 is 16.9 Å². The van der Waals surface area contributed by atoms with E-state index in [2.05, 4.69) is 10.3 Å². The Bertz CT molecular complexity index is 448. The molecule has 0 aromatic carbocycles. The Kier molecular flexibility index (Phi) is 4.59. The molecule has 0 fully saturated rings. The predicted octanol–water partition coefficient (Wildman–Crippen LogP) is 1.90. The average Bonchev–Trinajstić information content (AvgIpc) is 2.27. The number of aliphatic carboxylic acids is 1. The van der Waals surface area contributed by atoms with Crippen LogP contribution in [0.3, 0.4) is 0 Å². The number of nitrogens with one attached hydrogen (secondary N) is 1. The minimum Gasteiger partial charge on any atom is -0.480 e. The van der Waals surface area contributed by atoms with E-state index in [9.17, 15) is 14.9 Å². The van der Waals surface area contributed by atoms with Crippen LogP contribution in [0.1, 0.15) is 20.3 Å². The summed E-state index contributed by atoms with van der Waals surface area (Å²) in [7, 11) is 0. The van der Waals surface area contributed by atoms with Gasteiger partial charge in [-0.1, -0.05) is 13.8 Å². The number of aromatic nitrogens is 1. The van der Waals surface area contributed by atoms with E-state index in [1.54, 1.807) is 0 Å². The first kappa shape index (κ1) is 13.9. The second-order valence-corrected chi connectivity index (χ2v) is 4.29. The van der Waals surface area contributed by atoms with Crippen molar-refractivity contribution in [2.24, 2.45) is 5.92 Å². The second-order valence-electron chi connectivity index (χ2n) is 4.29. The molecule has 0 radical (unpaired) electrons. The van der Waals surface area contributed by atoms with E-state index in [1.165, 1.54) is 18.3 Å². The van der Waals surface area contributed by atoms with E-state index in [1.807, 2.05) is 13.8 Å². The average molecular weight is 253 g/mol. The lowest BCUT2D eigenvalue weighted by atomic mass is 10.0. The highest BCUT2D eigenvalue weighted by atomic mass is 16.6. The molecule has 98 valence electrons. The lowest BCUT2D eigenvalue weighted by Crippen LogP contribution is -2.31. The number of carboxylic acid groups (broad SMARTS) is 1. The van der Waals surface area contributed by atoms with Gasteiger partial charge in [-0.05, 0) is 18.4 Å². The molecule has 0 saturated heterocycles. The van der Waals surface area contributed by atoms with Crippen LogP contribution < -0.4 is 5.32 Å². The van der Waals surface area contributed by atoms with Crippen molar-refractivity contribution in [3.63, 3.8) is 0 Å². The number of carboxylic acids is 1. The number of nitro groups is 1. The molecule has 1 heterocycles. The van der Waals surface area contributed by atoms with E-state index in [0.717, 1.165) is 0 Å². The van der Waals surface area contributed by atoms with Crippen molar-refractivity contribution >= 4 is 17.5 Å². The van der Waals surface area contributed by atoms with Crippen LogP contribution in [0.4, 0.5) is 11.5 Å². The summed E-state index contributed by atoms with van der Waals surface area (Å²) in [5.74, 6) is -0.916. The molecule has 1 rings (SSSR count). The Labute approximate surface area is 104 Å². The van der Waals surface area contributed by atoms with Crippen LogP contribution in [-0.4, -0.2) is 27.0 Å². The maximum atomic E-state index is 11.1. The smallest absolute Gasteiger partial charge is 0.326 e. The lowest BCUT2D eigenvalue weighted by molar-refractivity contribution is -0.384. The number of pyridine rings is 1. The van der Waals surface area contributed by atoms with Gasteiger partial charge in [0.2, 0.25) is 5.82 Å². The molecule has 18 heavy (non-hydrogen) atoms. The van der Waals surface area contributed by atoms with E-state index in [-0.39, 0.29) is 17.4 Å². The van der Waals surface area contributed by atoms with Gasteiger partial charge in [0.1, 0.15) is 6.04 Å². The SMILES string of the molecule is CC(C)C[C@@H](Nc1ncccc1[N+](=O)[O-])C(=O)O. The Hall–Kier alpha value is -2.18. The maximum absolute atomic E-state index is 11.1. The number of anilines is 1. The monoisotopic (exact) mass is 253 g/mol. The molecule has 0 amide bonds. The van der Waals surface area contributed by atoms with Crippen LogP contribution in [0.5, 0.6) is 0 Å². The molecular formula is C11H15N3O4. The molecule has 1 aromatic heterocycles. The first-order valence-corrected chi connectivity index (χ1v) is 5.50. The van der Waals surface area contributed by atoms with Crippen molar-refractivity contribution < 1.29 is 14.8 Å². The van der Waals surface area contributed by atoms with E-state index in [0.29, 0.717) is 6.42 Å². The summed E-state index contributed by atoms with van der Waals surface area (Å²) in [6.07, 6.45) is 1.74. The Morgan fingerprint density at radius 1 is 1.61 bits per heavy atom. The van der Waals surface area contributed by atoms with Gasteiger partial charge in [-0.2, -0.15) is 0 Å². The van der Waals surface area contributed by atoms with Crippen LogP contribution in [0.15, 0.2) is 18.3 Å². The molecule has 0 aliphatic heterocycles. The van der Waals surface area contributed by atoms with Crippen molar-refractivity contribution in [3.05, 3.63) is 28.4 Å². The Morgan fingerprint density at radius 3 is 2.78 bits per heavy atom. The zero-order valence-corrected chi connectivity index (χ0v) is 10.2. The standard InChI is InChI=1S/C11H15N3O4/c1-7(2)6-8(11(15)16)13-10-9(14(17)18)4-3-5-12-10/h3-5,7-8H,6H2,1-2H3,(H,12,13)(H,15,16)/t8-/m1/s1. The molecule has 2 N–H and O–H groups in total. The van der Waals surface area contributed by atoms with Crippen molar-refractivity contribution in [2.45, 2.75) is 26.3 Å². The quantitative estimate of drug-likeness (QED) is 0.592. The lowest BCUT2D eigenvalue weighted by Gasteiger charge is -2.16. The largest absolute Gasteiger partial charge is 0.480 e. The normalized spacial score (nSPS) is 12.2. The highest BCUT2D eigenvalue weighted by Crippen LogP contribution is 2.22. The molecule has 0 bridgehead atoms. The second kappa shape index (κ2) is 5.95. The zero-order chi connectivity index (χ0) is 13.7. The third-order valence-electron chi connectivity index (χ3n) is 2.30. The van der Waals surface area contributed by atoms with Gasteiger partial charge in [0.15, 0.2) is 0 Å². The number of rotatable bonds is 6. The van der Waals surface area contributed by atoms with E-state index in [4.69, 9.17) is 5.11 Å². The number of nitrogens with zero attached hydrogens (tertiary/aromatic N) is 2. The van der Waals surface area contributed by atoms with Crippen molar-refractivity contribution in [2.75, 3.05) is 5.32 Å². The molecular weight excluding hydrogens is 238 g/mol. The van der Waals surface area contributed by atoms with E-state index >= 15 is 0 Å². The van der Waals surface area contributed by atoms with Crippen LogP contribution >= 0.6 is 0 Å². The molecule has 0 spiro atoms. The van der Waals surface area contributed by atoms with Gasteiger partial charge in [0.25, 0.3) is 0 Å². The zero-order valence-electron chi connectivity index (χ0n) is 10.2. The van der Waals surface area contributed by atoms with Crippen LogP contribution in [0.2, 0.25) is 0 Å². The maximum Gasteiger partial charge on any atom is 0.326 e. The van der Waals surface area contributed by atoms with Crippen LogP contribution in [0, 0.1) is 16.0 Å². The summed E-state index contributed by atoms with van der Waals surface area (Å²) in [5, 5.41) is 22.4. The summed E-state index contributed by atoms with van der Waals surface area (Å²) in [6.45, 7) is 3.76. The van der Waals surface area contributed by atoms with Gasteiger partial charge in [-0.3, -0.25) is 10.1 Å². The van der Waals surface area contributed by atoms with Crippen molar-refractivity contribution in [3.8, 4) is 0 Å². The molecule has 0 aliphatic carbocycles. The molecule has 1 atom stereocenters.